The van der Waals surface area contributed by atoms with Gasteiger partial charge in [-0.1, -0.05) is 29.8 Å². The van der Waals surface area contributed by atoms with Gasteiger partial charge < -0.3 is 5.32 Å². The summed E-state index contributed by atoms with van der Waals surface area (Å²) in [6.07, 6.45) is 0.214. The molecule has 20 heavy (non-hydrogen) atoms. The standard InChI is InChI=1S/C15H13ClF3N/c1-20-14(11-6-5-10(17)8-13(11)18)7-9-3-2-4-12(16)15(9)19/h2-6,8,14,20H,7H2,1H3. The monoisotopic (exact) mass is 299 g/mol. The SMILES string of the molecule is CNC(Cc1cccc(Cl)c1F)c1ccc(F)cc1F. The van der Waals surface area contributed by atoms with E-state index in [0.29, 0.717) is 5.56 Å². The lowest BCUT2D eigenvalue weighted by atomic mass is 9.98. The van der Waals surface area contributed by atoms with Crippen molar-refractivity contribution in [2.24, 2.45) is 0 Å². The van der Waals surface area contributed by atoms with Crippen molar-refractivity contribution in [3.63, 3.8) is 0 Å². The third kappa shape index (κ3) is 3.14. The van der Waals surface area contributed by atoms with Crippen LogP contribution in [0.4, 0.5) is 13.2 Å². The van der Waals surface area contributed by atoms with E-state index in [1.807, 2.05) is 0 Å². The van der Waals surface area contributed by atoms with Crippen molar-refractivity contribution < 1.29 is 13.2 Å². The predicted octanol–water partition coefficient (Wildman–Crippen LogP) is 4.26. The van der Waals surface area contributed by atoms with Crippen molar-refractivity contribution in [3.8, 4) is 0 Å². The summed E-state index contributed by atoms with van der Waals surface area (Å²) in [6, 6.07) is 7.55. The second kappa shape index (κ2) is 6.29. The molecular formula is C15H13ClF3N. The van der Waals surface area contributed by atoms with Gasteiger partial charge in [0, 0.05) is 17.7 Å². The summed E-state index contributed by atoms with van der Waals surface area (Å²) in [7, 11) is 1.63. The first-order valence-electron chi connectivity index (χ1n) is 6.08. The molecule has 0 radical (unpaired) electrons. The molecule has 0 fully saturated rings. The van der Waals surface area contributed by atoms with Gasteiger partial charge in [0.15, 0.2) is 0 Å². The number of benzene rings is 2. The lowest BCUT2D eigenvalue weighted by molar-refractivity contribution is 0.511. The molecule has 1 nitrogen and oxygen atoms in total. The van der Waals surface area contributed by atoms with Crippen LogP contribution in [0.5, 0.6) is 0 Å². The minimum absolute atomic E-state index is 0.0249. The number of rotatable bonds is 4. The van der Waals surface area contributed by atoms with Crippen LogP contribution in [0, 0.1) is 17.5 Å². The van der Waals surface area contributed by atoms with Crippen molar-refractivity contribution in [1.82, 2.24) is 5.32 Å². The molecule has 0 saturated heterocycles. The number of hydrogen-bond acceptors (Lipinski definition) is 1. The fourth-order valence-corrected chi connectivity index (χ4v) is 2.27. The molecule has 0 bridgehead atoms. The highest BCUT2D eigenvalue weighted by molar-refractivity contribution is 6.30. The van der Waals surface area contributed by atoms with Crippen molar-refractivity contribution >= 4 is 11.6 Å². The maximum absolute atomic E-state index is 13.9. The Morgan fingerprint density at radius 1 is 1.15 bits per heavy atom. The first-order valence-corrected chi connectivity index (χ1v) is 6.46. The second-order valence-electron chi connectivity index (χ2n) is 4.42. The van der Waals surface area contributed by atoms with Crippen molar-refractivity contribution in [3.05, 3.63) is 70.0 Å². The van der Waals surface area contributed by atoms with E-state index in [0.717, 1.165) is 6.07 Å². The highest BCUT2D eigenvalue weighted by atomic mass is 35.5. The van der Waals surface area contributed by atoms with Crippen LogP contribution >= 0.6 is 11.6 Å². The Bertz CT molecular complexity index is 616. The maximum atomic E-state index is 13.9. The zero-order chi connectivity index (χ0) is 14.7. The van der Waals surface area contributed by atoms with E-state index < -0.39 is 23.5 Å². The molecular weight excluding hydrogens is 287 g/mol. The summed E-state index contributed by atoms with van der Waals surface area (Å²) in [4.78, 5) is 0. The maximum Gasteiger partial charge on any atom is 0.145 e. The van der Waals surface area contributed by atoms with Crippen molar-refractivity contribution in [2.75, 3.05) is 7.05 Å². The molecule has 0 amide bonds. The van der Waals surface area contributed by atoms with Gasteiger partial charge in [0.1, 0.15) is 17.5 Å². The van der Waals surface area contributed by atoms with Crippen LogP contribution in [-0.2, 0) is 6.42 Å². The quantitative estimate of drug-likeness (QED) is 0.889. The first kappa shape index (κ1) is 14.9. The van der Waals surface area contributed by atoms with E-state index in [-0.39, 0.29) is 17.0 Å². The average Bonchev–Trinajstić information content (AvgIpc) is 2.41. The van der Waals surface area contributed by atoms with Gasteiger partial charge >= 0.3 is 0 Å². The summed E-state index contributed by atoms with van der Waals surface area (Å²) in [6.45, 7) is 0. The zero-order valence-corrected chi connectivity index (χ0v) is 11.5. The van der Waals surface area contributed by atoms with Crippen LogP contribution in [-0.4, -0.2) is 7.05 Å². The summed E-state index contributed by atoms with van der Waals surface area (Å²) in [5, 5.41) is 2.93. The highest BCUT2D eigenvalue weighted by Gasteiger charge is 2.17. The van der Waals surface area contributed by atoms with E-state index in [9.17, 15) is 13.2 Å². The smallest absolute Gasteiger partial charge is 0.145 e. The molecule has 1 unspecified atom stereocenters. The van der Waals surface area contributed by atoms with Gasteiger partial charge in [-0.2, -0.15) is 0 Å². The normalized spacial score (nSPS) is 12.4. The van der Waals surface area contributed by atoms with E-state index in [2.05, 4.69) is 5.32 Å². The molecule has 0 saturated carbocycles. The lowest BCUT2D eigenvalue weighted by Gasteiger charge is -2.18. The van der Waals surface area contributed by atoms with Crippen molar-refractivity contribution in [2.45, 2.75) is 12.5 Å². The molecule has 106 valence electrons. The molecule has 2 aromatic carbocycles. The molecule has 1 atom stereocenters. The van der Waals surface area contributed by atoms with Crippen molar-refractivity contribution in [1.29, 1.82) is 0 Å². The molecule has 0 heterocycles. The lowest BCUT2D eigenvalue weighted by Crippen LogP contribution is -2.20. The van der Waals surface area contributed by atoms with E-state index in [1.54, 1.807) is 19.2 Å². The van der Waals surface area contributed by atoms with Crippen LogP contribution in [0.15, 0.2) is 36.4 Å². The number of hydrogen-bond donors (Lipinski definition) is 1. The Labute approximate surface area is 120 Å². The average molecular weight is 300 g/mol. The molecule has 2 aromatic rings. The van der Waals surface area contributed by atoms with Gasteiger partial charge in [0.05, 0.1) is 5.02 Å². The first-order chi connectivity index (χ1) is 9.52. The Hall–Kier alpha value is -1.52. The van der Waals surface area contributed by atoms with Crippen LogP contribution < -0.4 is 5.32 Å². The molecule has 1 N–H and O–H groups in total. The summed E-state index contributed by atoms with van der Waals surface area (Å²) in [5.74, 6) is -1.82. The molecule has 0 aliphatic heterocycles. The third-order valence-corrected chi connectivity index (χ3v) is 3.43. The fourth-order valence-electron chi connectivity index (χ4n) is 2.08. The van der Waals surface area contributed by atoms with Gasteiger partial charge in [-0.05, 0) is 31.2 Å². The Kier molecular flexibility index (Phi) is 4.68. The summed E-state index contributed by atoms with van der Waals surface area (Å²) in [5.41, 5.74) is 0.661. The topological polar surface area (TPSA) is 12.0 Å². The van der Waals surface area contributed by atoms with Gasteiger partial charge in [-0.25, -0.2) is 13.2 Å². The third-order valence-electron chi connectivity index (χ3n) is 3.14. The molecule has 0 spiro atoms. The van der Waals surface area contributed by atoms with Crippen LogP contribution in [0.2, 0.25) is 5.02 Å². The molecule has 0 aliphatic rings. The Morgan fingerprint density at radius 3 is 2.55 bits per heavy atom. The number of halogens is 4. The Balaban J connectivity index is 2.31. The second-order valence-corrected chi connectivity index (χ2v) is 4.83. The van der Waals surface area contributed by atoms with E-state index in [4.69, 9.17) is 11.6 Å². The fraction of sp³-hybridized carbons (Fsp3) is 0.200. The molecule has 0 aromatic heterocycles. The van der Waals surface area contributed by atoms with E-state index >= 15 is 0 Å². The zero-order valence-electron chi connectivity index (χ0n) is 10.8. The summed E-state index contributed by atoms with van der Waals surface area (Å²) < 4.78 is 40.6. The minimum atomic E-state index is -0.660. The highest BCUT2D eigenvalue weighted by Crippen LogP contribution is 2.25. The van der Waals surface area contributed by atoms with Gasteiger partial charge in [-0.15, -0.1) is 0 Å². The van der Waals surface area contributed by atoms with E-state index in [1.165, 1.54) is 18.2 Å². The molecule has 2 rings (SSSR count). The van der Waals surface area contributed by atoms with Gasteiger partial charge in [0.2, 0.25) is 0 Å². The van der Waals surface area contributed by atoms with Gasteiger partial charge in [-0.3, -0.25) is 0 Å². The number of nitrogens with one attached hydrogen (secondary N) is 1. The van der Waals surface area contributed by atoms with Crippen LogP contribution in [0.25, 0.3) is 0 Å². The predicted molar refractivity (Wildman–Crippen MR) is 73.3 cm³/mol. The Morgan fingerprint density at radius 2 is 1.90 bits per heavy atom. The minimum Gasteiger partial charge on any atom is -0.313 e. The molecule has 0 aliphatic carbocycles. The number of likely N-dealkylation sites (N-methyl/N-ethyl adjacent to an activating group) is 1. The largest absolute Gasteiger partial charge is 0.313 e. The molecule has 5 heteroatoms. The summed E-state index contributed by atoms with van der Waals surface area (Å²) >= 11 is 5.72. The van der Waals surface area contributed by atoms with Crippen LogP contribution in [0.1, 0.15) is 17.2 Å². The van der Waals surface area contributed by atoms with Crippen LogP contribution in [0.3, 0.4) is 0 Å². The van der Waals surface area contributed by atoms with Gasteiger partial charge in [0.25, 0.3) is 0 Å².